The van der Waals surface area contributed by atoms with Gasteiger partial charge in [-0.05, 0) is 25.1 Å². The van der Waals surface area contributed by atoms with Crippen molar-refractivity contribution in [1.82, 2.24) is 4.98 Å². The summed E-state index contributed by atoms with van der Waals surface area (Å²) in [7, 11) is 0. The van der Waals surface area contributed by atoms with Gasteiger partial charge in [-0.15, -0.1) is 11.3 Å². The van der Waals surface area contributed by atoms with Gasteiger partial charge in [0.25, 0.3) is 0 Å². The highest BCUT2D eigenvalue weighted by atomic mass is 32.1. The van der Waals surface area contributed by atoms with Gasteiger partial charge in [0.2, 0.25) is 0 Å². The van der Waals surface area contributed by atoms with Crippen molar-refractivity contribution in [1.29, 1.82) is 0 Å². The molecule has 0 aliphatic heterocycles. The van der Waals surface area contributed by atoms with E-state index >= 15 is 0 Å². The van der Waals surface area contributed by atoms with Crippen LogP contribution in [0.15, 0.2) is 23.6 Å². The fraction of sp³-hybridized carbons (Fsp3) is 0.167. The van der Waals surface area contributed by atoms with Gasteiger partial charge in [0.1, 0.15) is 0 Å². The predicted molar refractivity (Wildman–Crippen MR) is 72.0 cm³/mol. The summed E-state index contributed by atoms with van der Waals surface area (Å²) in [5.41, 5.74) is 8.04. The van der Waals surface area contributed by atoms with Crippen molar-refractivity contribution in [2.24, 2.45) is 0 Å². The van der Waals surface area contributed by atoms with E-state index in [4.69, 9.17) is 10.8 Å². The van der Waals surface area contributed by atoms with Crippen LogP contribution in [0.2, 0.25) is 0 Å². The van der Waals surface area contributed by atoms with E-state index in [-0.39, 0.29) is 5.56 Å². The molecule has 0 fully saturated rings. The topological polar surface area (TPSA) is 88.2 Å². The Morgan fingerprint density at radius 1 is 1.56 bits per heavy atom. The van der Waals surface area contributed by atoms with Gasteiger partial charge < -0.3 is 16.2 Å². The molecule has 0 bridgehead atoms. The second-order valence-electron chi connectivity index (χ2n) is 3.82. The van der Waals surface area contributed by atoms with E-state index in [0.717, 1.165) is 10.7 Å². The van der Waals surface area contributed by atoms with E-state index in [1.165, 1.54) is 12.1 Å². The van der Waals surface area contributed by atoms with Gasteiger partial charge in [0, 0.05) is 5.38 Å². The normalized spacial score (nSPS) is 10.3. The van der Waals surface area contributed by atoms with Crippen molar-refractivity contribution in [3.8, 4) is 0 Å². The zero-order chi connectivity index (χ0) is 13.1. The predicted octanol–water partition coefficient (Wildman–Crippen LogP) is 2.34. The van der Waals surface area contributed by atoms with Crippen LogP contribution in [0.3, 0.4) is 0 Å². The summed E-state index contributed by atoms with van der Waals surface area (Å²) in [5.74, 6) is -0.970. The average molecular weight is 263 g/mol. The summed E-state index contributed by atoms with van der Waals surface area (Å²) in [4.78, 5) is 15.2. The minimum atomic E-state index is -0.970. The Hall–Kier alpha value is -2.08. The van der Waals surface area contributed by atoms with Gasteiger partial charge in [0.05, 0.1) is 34.2 Å². The maximum Gasteiger partial charge on any atom is 0.335 e. The SMILES string of the molecule is Cc1nc(CNc2cc(C(=O)O)ccc2N)cs1. The number of hydrogen-bond acceptors (Lipinski definition) is 5. The van der Waals surface area contributed by atoms with Crippen LogP contribution in [-0.2, 0) is 6.54 Å². The number of nitrogen functional groups attached to an aromatic ring is 1. The fourth-order valence-electron chi connectivity index (χ4n) is 1.52. The van der Waals surface area contributed by atoms with Crippen LogP contribution in [0.1, 0.15) is 21.1 Å². The van der Waals surface area contributed by atoms with Gasteiger partial charge in [-0.25, -0.2) is 9.78 Å². The van der Waals surface area contributed by atoms with Crippen LogP contribution in [0.4, 0.5) is 11.4 Å². The zero-order valence-corrected chi connectivity index (χ0v) is 10.6. The molecule has 0 aliphatic carbocycles. The molecular formula is C12H13N3O2S. The molecule has 2 aromatic rings. The third-order valence-electron chi connectivity index (χ3n) is 2.43. The summed E-state index contributed by atoms with van der Waals surface area (Å²) in [6.07, 6.45) is 0. The summed E-state index contributed by atoms with van der Waals surface area (Å²) < 4.78 is 0. The van der Waals surface area contributed by atoms with Crippen molar-refractivity contribution < 1.29 is 9.90 Å². The molecule has 5 nitrogen and oxygen atoms in total. The molecule has 0 unspecified atom stereocenters. The minimum Gasteiger partial charge on any atom is -0.478 e. The molecule has 1 aromatic carbocycles. The van der Waals surface area contributed by atoms with Crippen LogP contribution >= 0.6 is 11.3 Å². The number of nitrogens with two attached hydrogens (primary N) is 1. The van der Waals surface area contributed by atoms with Crippen molar-refractivity contribution in [3.63, 3.8) is 0 Å². The Morgan fingerprint density at radius 3 is 2.94 bits per heavy atom. The first-order valence-corrected chi connectivity index (χ1v) is 6.22. The molecule has 18 heavy (non-hydrogen) atoms. The summed E-state index contributed by atoms with van der Waals surface area (Å²) in [6, 6.07) is 4.59. The summed E-state index contributed by atoms with van der Waals surface area (Å²) in [6.45, 7) is 2.46. The Labute approximate surface area is 108 Å². The molecule has 6 heteroatoms. The first-order chi connectivity index (χ1) is 8.56. The van der Waals surface area contributed by atoms with Gasteiger partial charge in [-0.1, -0.05) is 0 Å². The Balaban J connectivity index is 2.13. The number of rotatable bonds is 4. The number of thiazole rings is 1. The van der Waals surface area contributed by atoms with Gasteiger partial charge in [-0.3, -0.25) is 0 Å². The van der Waals surface area contributed by atoms with Crippen molar-refractivity contribution in [2.45, 2.75) is 13.5 Å². The lowest BCUT2D eigenvalue weighted by atomic mass is 10.1. The van der Waals surface area contributed by atoms with E-state index < -0.39 is 5.97 Å². The van der Waals surface area contributed by atoms with E-state index in [1.807, 2.05) is 12.3 Å². The Morgan fingerprint density at radius 2 is 2.33 bits per heavy atom. The van der Waals surface area contributed by atoms with Gasteiger partial charge in [0.15, 0.2) is 0 Å². The van der Waals surface area contributed by atoms with E-state index in [9.17, 15) is 4.79 Å². The number of aromatic nitrogens is 1. The second kappa shape index (κ2) is 5.05. The molecular weight excluding hydrogens is 250 g/mol. The molecule has 94 valence electrons. The number of carbonyl (C=O) groups is 1. The van der Waals surface area contributed by atoms with Crippen molar-refractivity contribution in [3.05, 3.63) is 39.8 Å². The maximum absolute atomic E-state index is 10.9. The number of aryl methyl sites for hydroxylation is 1. The Kier molecular flexibility index (Phi) is 3.47. The molecule has 0 amide bonds. The number of carboxylic acid groups (broad SMARTS) is 1. The molecule has 0 aliphatic rings. The summed E-state index contributed by atoms with van der Waals surface area (Å²) >= 11 is 1.58. The molecule has 0 saturated heterocycles. The van der Waals surface area contributed by atoms with Crippen LogP contribution in [0, 0.1) is 6.92 Å². The molecule has 2 rings (SSSR count). The number of aromatic carboxylic acids is 1. The van der Waals surface area contributed by atoms with Crippen molar-refractivity contribution >= 4 is 28.7 Å². The molecule has 0 radical (unpaired) electrons. The molecule has 0 spiro atoms. The lowest BCUT2D eigenvalue weighted by Crippen LogP contribution is -2.05. The first-order valence-electron chi connectivity index (χ1n) is 5.34. The highest BCUT2D eigenvalue weighted by Gasteiger charge is 2.07. The number of nitrogens with zero attached hydrogens (tertiary/aromatic N) is 1. The lowest BCUT2D eigenvalue weighted by molar-refractivity contribution is 0.0697. The number of nitrogens with one attached hydrogen (secondary N) is 1. The monoisotopic (exact) mass is 263 g/mol. The van der Waals surface area contributed by atoms with E-state index in [1.54, 1.807) is 17.4 Å². The second-order valence-corrected chi connectivity index (χ2v) is 4.88. The average Bonchev–Trinajstić information content (AvgIpc) is 2.74. The fourth-order valence-corrected chi connectivity index (χ4v) is 2.13. The third-order valence-corrected chi connectivity index (χ3v) is 3.25. The highest BCUT2D eigenvalue weighted by Crippen LogP contribution is 2.21. The lowest BCUT2D eigenvalue weighted by Gasteiger charge is -2.08. The maximum atomic E-state index is 10.9. The van der Waals surface area contributed by atoms with Gasteiger partial charge >= 0.3 is 5.97 Å². The number of carboxylic acids is 1. The molecule has 1 heterocycles. The largest absolute Gasteiger partial charge is 0.478 e. The smallest absolute Gasteiger partial charge is 0.335 e. The van der Waals surface area contributed by atoms with Crippen LogP contribution < -0.4 is 11.1 Å². The quantitative estimate of drug-likeness (QED) is 0.737. The van der Waals surface area contributed by atoms with E-state index in [2.05, 4.69) is 10.3 Å². The molecule has 0 atom stereocenters. The molecule has 0 saturated carbocycles. The van der Waals surface area contributed by atoms with E-state index in [0.29, 0.717) is 17.9 Å². The minimum absolute atomic E-state index is 0.209. The van der Waals surface area contributed by atoms with Crippen LogP contribution in [-0.4, -0.2) is 16.1 Å². The highest BCUT2D eigenvalue weighted by molar-refractivity contribution is 7.09. The zero-order valence-electron chi connectivity index (χ0n) is 9.80. The third kappa shape index (κ3) is 2.78. The van der Waals surface area contributed by atoms with Crippen LogP contribution in [0.5, 0.6) is 0 Å². The number of benzene rings is 1. The molecule has 1 aromatic heterocycles. The van der Waals surface area contributed by atoms with Crippen LogP contribution in [0.25, 0.3) is 0 Å². The van der Waals surface area contributed by atoms with Crippen molar-refractivity contribution in [2.75, 3.05) is 11.1 Å². The Bertz CT molecular complexity index is 580. The molecule has 4 N–H and O–H groups in total. The summed E-state index contributed by atoms with van der Waals surface area (Å²) in [5, 5.41) is 15.0. The first kappa shape index (κ1) is 12.4. The number of anilines is 2. The standard InChI is InChI=1S/C12H13N3O2S/c1-7-15-9(6-18-7)5-14-11-4-8(12(16)17)2-3-10(11)13/h2-4,6,14H,5,13H2,1H3,(H,16,17). The number of hydrogen-bond donors (Lipinski definition) is 3. The van der Waals surface area contributed by atoms with Gasteiger partial charge in [-0.2, -0.15) is 0 Å².